The van der Waals surface area contributed by atoms with Crippen LogP contribution in [0.1, 0.15) is 117 Å². The molecule has 0 spiro atoms. The summed E-state index contributed by atoms with van der Waals surface area (Å²) < 4.78 is 21.7. The third kappa shape index (κ3) is 11.1. The summed E-state index contributed by atoms with van der Waals surface area (Å²) in [5, 5.41) is 13.6. The molecule has 2 rings (SSSR count). The number of nitrogens with zero attached hydrogens (tertiary/aromatic N) is 4. The van der Waals surface area contributed by atoms with E-state index in [1.54, 1.807) is 41.5 Å². The van der Waals surface area contributed by atoms with Crippen LogP contribution in [0.5, 0.6) is 0 Å². The molecule has 2 N–H and O–H groups in total. The van der Waals surface area contributed by atoms with Gasteiger partial charge in [-0.05, 0) is 41.5 Å². The highest BCUT2D eigenvalue weighted by molar-refractivity contribution is 8.76. The average Bonchev–Trinajstić information content (AvgIpc) is 3.42. The Morgan fingerprint density at radius 1 is 0.737 bits per heavy atom. The number of aromatic nitrogens is 4. The average molecular weight is 573 g/mol. The van der Waals surface area contributed by atoms with Crippen LogP contribution in [0.2, 0.25) is 0 Å². The van der Waals surface area contributed by atoms with Crippen LogP contribution in [-0.4, -0.2) is 55.2 Å². The molecule has 0 unspecified atom stereocenters. The summed E-state index contributed by atoms with van der Waals surface area (Å²) in [5.74, 6) is 2.60. The monoisotopic (exact) mass is 572 g/mol. The van der Waals surface area contributed by atoms with Gasteiger partial charge in [0.05, 0.1) is 0 Å². The van der Waals surface area contributed by atoms with Gasteiger partial charge in [-0.2, -0.15) is 9.97 Å². The van der Waals surface area contributed by atoms with Crippen molar-refractivity contribution in [2.45, 2.75) is 104 Å². The van der Waals surface area contributed by atoms with Crippen molar-refractivity contribution in [2.24, 2.45) is 0 Å². The number of hydrogen-bond acceptors (Lipinski definition) is 12. The Kier molecular flexibility index (Phi) is 11.3. The highest BCUT2D eigenvalue weighted by Crippen LogP contribution is 2.31. The number of hydrogen-bond donors (Lipinski definition) is 2. The Bertz CT molecular complexity index is 962. The van der Waals surface area contributed by atoms with Gasteiger partial charge < -0.3 is 29.2 Å². The van der Waals surface area contributed by atoms with Gasteiger partial charge in [-0.1, -0.05) is 59.6 Å². The third-order valence-corrected chi connectivity index (χ3v) is 6.90. The summed E-state index contributed by atoms with van der Waals surface area (Å²) >= 11 is 0. The quantitative estimate of drug-likeness (QED) is 0.243. The summed E-state index contributed by atoms with van der Waals surface area (Å²) in [6.07, 6.45) is -1.18. The van der Waals surface area contributed by atoms with Gasteiger partial charge in [0.25, 0.3) is 0 Å². The van der Waals surface area contributed by atoms with Gasteiger partial charge in [-0.15, -0.1) is 0 Å². The molecule has 2 aromatic heterocycles. The van der Waals surface area contributed by atoms with Crippen molar-refractivity contribution in [3.63, 3.8) is 0 Å². The number of amides is 2. The summed E-state index contributed by atoms with van der Waals surface area (Å²) in [6, 6.07) is -1.17. The minimum absolute atomic E-state index is 0.0709. The second-order valence-electron chi connectivity index (χ2n) is 11.3. The van der Waals surface area contributed by atoms with Gasteiger partial charge >= 0.3 is 12.2 Å². The van der Waals surface area contributed by atoms with Crippen LogP contribution in [0.25, 0.3) is 0 Å². The number of carbonyl (C=O) groups is 2. The fourth-order valence-electron chi connectivity index (χ4n) is 2.73. The molecular weight excluding hydrogens is 532 g/mol. The Morgan fingerprint density at radius 3 is 1.34 bits per heavy atom. The molecule has 0 aliphatic heterocycles. The molecule has 0 radical (unpaired) electrons. The molecule has 38 heavy (non-hydrogen) atoms. The van der Waals surface area contributed by atoms with Crippen LogP contribution in [-0.2, 0) is 9.47 Å². The fourth-order valence-corrected chi connectivity index (χ4v) is 5.04. The second-order valence-corrected chi connectivity index (χ2v) is 13.8. The van der Waals surface area contributed by atoms with Gasteiger partial charge in [-0.3, -0.25) is 0 Å². The lowest BCUT2D eigenvalue weighted by molar-refractivity contribution is 0.0489. The summed E-state index contributed by atoms with van der Waals surface area (Å²) in [7, 11) is 2.89. The van der Waals surface area contributed by atoms with Crippen molar-refractivity contribution in [3.05, 3.63) is 23.4 Å². The largest absolute Gasteiger partial charge is 0.444 e. The molecule has 2 heterocycles. The number of carbonyl (C=O) groups excluding carboxylic acids is 2. The van der Waals surface area contributed by atoms with Crippen LogP contribution in [0.15, 0.2) is 9.05 Å². The first kappa shape index (κ1) is 31.7. The van der Waals surface area contributed by atoms with Crippen molar-refractivity contribution in [1.82, 2.24) is 30.9 Å². The molecule has 0 saturated heterocycles. The van der Waals surface area contributed by atoms with E-state index in [0.717, 1.165) is 0 Å². The molecule has 2 aromatic rings. The Labute approximate surface area is 231 Å². The van der Waals surface area contributed by atoms with E-state index in [2.05, 4.69) is 30.9 Å². The topological polar surface area (TPSA) is 154 Å². The zero-order chi connectivity index (χ0) is 28.7. The van der Waals surface area contributed by atoms with E-state index < -0.39 is 35.5 Å². The number of alkyl carbamates (subject to hydrolysis) is 2. The number of ether oxygens (including phenoxy) is 2. The molecule has 12 nitrogen and oxygen atoms in total. The smallest absolute Gasteiger partial charge is 0.408 e. The van der Waals surface area contributed by atoms with Crippen molar-refractivity contribution in [1.29, 1.82) is 0 Å². The van der Waals surface area contributed by atoms with Crippen LogP contribution >= 0.6 is 21.6 Å². The molecule has 0 saturated carbocycles. The zero-order valence-corrected chi connectivity index (χ0v) is 25.4. The summed E-state index contributed by atoms with van der Waals surface area (Å²) in [5.41, 5.74) is -1.32. The summed E-state index contributed by atoms with van der Waals surface area (Å²) in [4.78, 5) is 33.8. The van der Waals surface area contributed by atoms with Gasteiger partial charge in [0.2, 0.25) is 11.8 Å². The minimum atomic E-state index is -0.659. The van der Waals surface area contributed by atoms with Crippen LogP contribution in [0.4, 0.5) is 9.59 Å². The van der Waals surface area contributed by atoms with E-state index in [-0.39, 0.29) is 23.6 Å². The van der Waals surface area contributed by atoms with Crippen LogP contribution in [0, 0.1) is 0 Å². The Hall–Kier alpha value is -2.48. The lowest BCUT2D eigenvalue weighted by Gasteiger charge is -2.23. The van der Waals surface area contributed by atoms with E-state index in [1.165, 1.54) is 21.6 Å². The minimum Gasteiger partial charge on any atom is -0.444 e. The molecule has 0 aliphatic rings. The van der Waals surface area contributed by atoms with Crippen molar-refractivity contribution in [2.75, 3.05) is 11.5 Å². The predicted octanol–water partition coefficient (Wildman–Crippen LogP) is 5.91. The zero-order valence-electron chi connectivity index (χ0n) is 23.8. The number of nitrogens with one attached hydrogen (secondary N) is 2. The maximum Gasteiger partial charge on any atom is 0.408 e. The molecule has 0 aromatic carbocycles. The van der Waals surface area contributed by atoms with Crippen LogP contribution < -0.4 is 10.6 Å². The lowest BCUT2D eigenvalue weighted by atomic mass is 10.2. The first-order valence-corrected chi connectivity index (χ1v) is 14.9. The van der Waals surface area contributed by atoms with Gasteiger partial charge in [0.1, 0.15) is 23.3 Å². The first-order valence-electron chi connectivity index (χ1n) is 12.4. The highest BCUT2D eigenvalue weighted by atomic mass is 33.1. The van der Waals surface area contributed by atoms with E-state index in [9.17, 15) is 9.59 Å². The lowest BCUT2D eigenvalue weighted by Crippen LogP contribution is -2.36. The SMILES string of the molecule is CC(C)c1noc([C@H](CSSC[C@H](NC(=O)OC(C)(C)C)c2nc(C(C)C)no2)NC(=O)OC(C)(C)C)n1. The molecular formula is C24H40N6O6S2. The van der Waals surface area contributed by atoms with Crippen molar-refractivity contribution >= 4 is 33.8 Å². The van der Waals surface area contributed by atoms with Crippen LogP contribution in [0.3, 0.4) is 0 Å². The van der Waals surface area contributed by atoms with Gasteiger partial charge in [0, 0.05) is 23.3 Å². The molecule has 14 heteroatoms. The van der Waals surface area contributed by atoms with E-state index >= 15 is 0 Å². The normalized spacial score (nSPS) is 13.9. The molecule has 214 valence electrons. The highest BCUT2D eigenvalue weighted by Gasteiger charge is 2.28. The maximum absolute atomic E-state index is 12.5. The Balaban J connectivity index is 2.09. The fraction of sp³-hybridized carbons (Fsp3) is 0.750. The molecule has 0 fully saturated rings. The van der Waals surface area contributed by atoms with E-state index in [4.69, 9.17) is 18.5 Å². The molecule has 0 aliphatic carbocycles. The van der Waals surface area contributed by atoms with Crippen molar-refractivity contribution < 1.29 is 28.1 Å². The third-order valence-electron chi connectivity index (χ3n) is 4.48. The summed E-state index contributed by atoms with van der Waals surface area (Å²) in [6.45, 7) is 18.5. The Morgan fingerprint density at radius 2 is 1.08 bits per heavy atom. The molecule has 2 atom stereocenters. The van der Waals surface area contributed by atoms with E-state index in [0.29, 0.717) is 23.2 Å². The maximum atomic E-state index is 12.5. The van der Waals surface area contributed by atoms with E-state index in [1.807, 2.05) is 27.7 Å². The van der Waals surface area contributed by atoms with Crippen molar-refractivity contribution in [3.8, 4) is 0 Å². The van der Waals surface area contributed by atoms with Gasteiger partial charge in [-0.25, -0.2) is 9.59 Å². The molecule has 0 bridgehead atoms. The standard InChI is InChI=1S/C24H40N6O6S2/c1-13(2)17-27-19(35-29-17)15(25-21(31)33-23(5,6)7)11-37-38-12-16(26-22(32)34-24(8,9)10)20-28-18(14(3)4)30-36-20/h13-16H,11-12H2,1-10H3,(H,25,31)(H,26,32)/t15-,16-/m0/s1. The van der Waals surface area contributed by atoms with Gasteiger partial charge in [0.15, 0.2) is 11.6 Å². The predicted molar refractivity (Wildman–Crippen MR) is 146 cm³/mol. The first-order chi connectivity index (χ1) is 17.5. The molecule has 2 amide bonds. The second kappa shape index (κ2) is 13.5. The number of rotatable bonds is 11.